The molecule has 0 amide bonds. The molecule has 3 aromatic heterocycles. The molecule has 7 aromatic carbocycles. The number of benzene rings is 7. The lowest BCUT2D eigenvalue weighted by Crippen LogP contribution is -2.32. The molecule has 59 heavy (non-hydrogen) atoms. The largest absolute Gasteiger partial charge is 0.278 e. The van der Waals surface area contributed by atoms with Crippen molar-refractivity contribution >= 4 is 70.8 Å². The van der Waals surface area contributed by atoms with Gasteiger partial charge in [0.1, 0.15) is 0 Å². The highest BCUT2D eigenvalue weighted by Crippen LogP contribution is 2.62. The standard InChI is InChI=1S/C54H35N3S2/c1-32-13-12-14-35(29-32)33-25-27-34(28-26-33)50-52-51(39-18-5-10-23-47(39)59-52)56-53(55-50)57-45-22-9-4-17-38(45)40-30-49-44(31-46(40)57)54(43-21-8-11-24-48(43)58-49)41-19-6-2-15-36(41)37-16-3-7-20-42(37)54/h2-28,30-32H,29H2,1H3. The fraction of sp³-hybridized carbons (Fsp3) is 0.0741. The number of fused-ring (bicyclic) bond motifs is 15. The number of hydrogen-bond donors (Lipinski definition) is 0. The van der Waals surface area contributed by atoms with Crippen LogP contribution in [0.1, 0.15) is 41.2 Å². The number of allylic oxidation sites excluding steroid dienone is 4. The maximum absolute atomic E-state index is 5.60. The number of hydrogen-bond acceptors (Lipinski definition) is 4. The van der Waals surface area contributed by atoms with Crippen LogP contribution in [0.15, 0.2) is 186 Å². The summed E-state index contributed by atoms with van der Waals surface area (Å²) in [5.41, 5.74) is 15.3. The molecule has 10 aromatic rings. The molecule has 0 radical (unpaired) electrons. The van der Waals surface area contributed by atoms with Crippen molar-refractivity contribution in [3.63, 3.8) is 0 Å². The zero-order chi connectivity index (χ0) is 38.8. The van der Waals surface area contributed by atoms with Gasteiger partial charge in [-0.1, -0.05) is 164 Å². The molecule has 0 saturated carbocycles. The molecule has 1 unspecified atom stereocenters. The number of nitrogens with zero attached hydrogens (tertiary/aromatic N) is 3. The van der Waals surface area contributed by atoms with Crippen molar-refractivity contribution in [3.8, 4) is 28.3 Å². The van der Waals surface area contributed by atoms with Crippen LogP contribution in [0.4, 0.5) is 0 Å². The summed E-state index contributed by atoms with van der Waals surface area (Å²) in [5.74, 6) is 1.22. The minimum Gasteiger partial charge on any atom is -0.278 e. The third kappa shape index (κ3) is 4.66. The van der Waals surface area contributed by atoms with Gasteiger partial charge >= 0.3 is 0 Å². The molecule has 0 N–H and O–H groups in total. The summed E-state index contributed by atoms with van der Waals surface area (Å²) < 4.78 is 4.66. The van der Waals surface area contributed by atoms with Gasteiger partial charge in [0, 0.05) is 36.2 Å². The molecule has 1 aliphatic heterocycles. The highest BCUT2D eigenvalue weighted by atomic mass is 32.2. The molecular weight excluding hydrogens is 755 g/mol. The quantitative estimate of drug-likeness (QED) is 0.179. The fourth-order valence-corrected chi connectivity index (χ4v) is 12.7. The monoisotopic (exact) mass is 789 g/mol. The Labute approximate surface area is 350 Å². The first kappa shape index (κ1) is 33.4. The van der Waals surface area contributed by atoms with E-state index in [1.165, 1.54) is 69.8 Å². The van der Waals surface area contributed by atoms with Crippen LogP contribution in [0, 0.1) is 5.92 Å². The van der Waals surface area contributed by atoms with E-state index in [4.69, 9.17) is 9.97 Å². The predicted octanol–water partition coefficient (Wildman–Crippen LogP) is 14.4. The lowest BCUT2D eigenvalue weighted by Gasteiger charge is -2.39. The van der Waals surface area contributed by atoms with E-state index in [2.05, 4.69) is 187 Å². The van der Waals surface area contributed by atoms with Gasteiger partial charge < -0.3 is 0 Å². The Hall–Kier alpha value is -6.53. The Morgan fingerprint density at radius 1 is 0.593 bits per heavy atom. The SMILES string of the molecule is CC1C=CC=C(c2ccc(-c3nc(-n4c5ccccc5c5cc6c(cc54)C4(c5ccccc5S6)c5ccccc5-c5ccccc54)nc4c3sc3ccccc34)cc2)C1. The van der Waals surface area contributed by atoms with E-state index >= 15 is 0 Å². The van der Waals surface area contributed by atoms with Gasteiger partial charge in [0.25, 0.3) is 0 Å². The summed E-state index contributed by atoms with van der Waals surface area (Å²) in [6.07, 6.45) is 7.79. The van der Waals surface area contributed by atoms with Crippen molar-refractivity contribution in [2.45, 2.75) is 28.6 Å². The first-order chi connectivity index (χ1) is 29.1. The van der Waals surface area contributed by atoms with Gasteiger partial charge in [-0.3, -0.25) is 4.57 Å². The van der Waals surface area contributed by atoms with Crippen molar-refractivity contribution < 1.29 is 0 Å². The van der Waals surface area contributed by atoms with E-state index in [0.29, 0.717) is 11.9 Å². The van der Waals surface area contributed by atoms with Crippen molar-refractivity contribution in [3.05, 3.63) is 204 Å². The highest BCUT2D eigenvalue weighted by molar-refractivity contribution is 7.99. The van der Waals surface area contributed by atoms with E-state index in [9.17, 15) is 0 Å². The van der Waals surface area contributed by atoms with Crippen LogP contribution in [-0.2, 0) is 5.41 Å². The molecule has 3 aliphatic rings. The third-order valence-corrected chi connectivity index (χ3v) is 15.2. The van der Waals surface area contributed by atoms with E-state index in [1.807, 2.05) is 11.8 Å². The smallest absolute Gasteiger partial charge is 0.235 e. The molecule has 0 saturated heterocycles. The van der Waals surface area contributed by atoms with Gasteiger partial charge in [0.15, 0.2) is 0 Å². The minimum atomic E-state index is -0.484. The lowest BCUT2D eigenvalue weighted by atomic mass is 9.67. The van der Waals surface area contributed by atoms with Crippen molar-refractivity contribution in [1.29, 1.82) is 0 Å². The van der Waals surface area contributed by atoms with E-state index in [1.54, 1.807) is 11.3 Å². The fourth-order valence-electron chi connectivity index (χ4n) is 10.3. The van der Waals surface area contributed by atoms with Crippen LogP contribution in [0.5, 0.6) is 0 Å². The van der Waals surface area contributed by atoms with Crippen molar-refractivity contribution in [2.75, 3.05) is 0 Å². The van der Waals surface area contributed by atoms with Crippen molar-refractivity contribution in [2.24, 2.45) is 5.92 Å². The highest BCUT2D eigenvalue weighted by Gasteiger charge is 2.50. The molecule has 0 fully saturated rings. The second-order valence-electron chi connectivity index (χ2n) is 16.1. The first-order valence-electron chi connectivity index (χ1n) is 20.4. The Bertz CT molecular complexity index is 3430. The van der Waals surface area contributed by atoms with Gasteiger partial charge in [0.2, 0.25) is 5.95 Å². The zero-order valence-electron chi connectivity index (χ0n) is 32.2. The molecule has 13 rings (SSSR count). The summed E-state index contributed by atoms with van der Waals surface area (Å²) >= 11 is 3.67. The van der Waals surface area contributed by atoms with Gasteiger partial charge in [-0.15, -0.1) is 11.3 Å². The number of thiophene rings is 1. The van der Waals surface area contributed by atoms with Crippen LogP contribution >= 0.6 is 23.1 Å². The molecule has 5 heteroatoms. The van der Waals surface area contributed by atoms with Crippen molar-refractivity contribution in [1.82, 2.24) is 14.5 Å². The summed E-state index contributed by atoms with van der Waals surface area (Å²) in [5, 5.41) is 3.56. The first-order valence-corrected chi connectivity index (χ1v) is 22.0. The minimum absolute atomic E-state index is 0.484. The van der Waals surface area contributed by atoms with E-state index < -0.39 is 5.41 Å². The third-order valence-electron chi connectivity index (χ3n) is 12.9. The van der Waals surface area contributed by atoms with Crippen LogP contribution < -0.4 is 0 Å². The second-order valence-corrected chi connectivity index (χ2v) is 18.3. The van der Waals surface area contributed by atoms with Crippen LogP contribution in [-0.4, -0.2) is 14.5 Å². The van der Waals surface area contributed by atoms with Gasteiger partial charge in [-0.2, -0.15) is 0 Å². The van der Waals surface area contributed by atoms with Crippen LogP contribution in [0.2, 0.25) is 0 Å². The number of aromatic nitrogens is 3. The normalized spacial score (nSPS) is 16.1. The van der Waals surface area contributed by atoms with Crippen LogP contribution in [0.25, 0.3) is 76.0 Å². The average Bonchev–Trinajstić information content (AvgIpc) is 3.92. The topological polar surface area (TPSA) is 30.7 Å². The number of rotatable bonds is 3. The molecule has 1 spiro atoms. The molecule has 1 atom stereocenters. The second kappa shape index (κ2) is 12.5. The molecule has 4 heterocycles. The Balaban J connectivity index is 1.11. The molecule has 3 nitrogen and oxygen atoms in total. The van der Waals surface area contributed by atoms with Gasteiger partial charge in [-0.25, -0.2) is 9.97 Å². The van der Waals surface area contributed by atoms with E-state index in [0.717, 1.165) is 44.3 Å². The number of para-hydroxylation sites is 1. The maximum atomic E-state index is 5.60. The molecular formula is C54H35N3S2. The zero-order valence-corrected chi connectivity index (χ0v) is 33.8. The van der Waals surface area contributed by atoms with Gasteiger partial charge in [-0.05, 0) is 87.2 Å². The average molecular weight is 790 g/mol. The molecule has 2 aliphatic carbocycles. The maximum Gasteiger partial charge on any atom is 0.235 e. The summed E-state index contributed by atoms with van der Waals surface area (Å²) in [7, 11) is 0. The van der Waals surface area contributed by atoms with E-state index in [-0.39, 0.29) is 0 Å². The Morgan fingerprint density at radius 2 is 1.27 bits per heavy atom. The summed E-state index contributed by atoms with van der Waals surface area (Å²) in [4.78, 5) is 13.7. The molecule has 0 bridgehead atoms. The van der Waals surface area contributed by atoms with Gasteiger partial charge in [0.05, 0.1) is 32.4 Å². The predicted molar refractivity (Wildman–Crippen MR) is 247 cm³/mol. The Kier molecular flexibility index (Phi) is 7.08. The lowest BCUT2D eigenvalue weighted by molar-refractivity contribution is 0.723. The summed E-state index contributed by atoms with van der Waals surface area (Å²) in [6, 6.07) is 58.5. The molecule has 278 valence electrons. The Morgan fingerprint density at radius 3 is 2.07 bits per heavy atom. The van der Waals surface area contributed by atoms with Crippen LogP contribution in [0.3, 0.4) is 0 Å². The summed E-state index contributed by atoms with van der Waals surface area (Å²) in [6.45, 7) is 2.28.